The van der Waals surface area contributed by atoms with Gasteiger partial charge in [0.15, 0.2) is 0 Å². The maximum atomic E-state index is 13.8. The van der Waals surface area contributed by atoms with Crippen LogP contribution in [-0.4, -0.2) is 46.9 Å². The summed E-state index contributed by atoms with van der Waals surface area (Å²) in [6.45, 7) is 10.8. The van der Waals surface area contributed by atoms with Gasteiger partial charge in [0, 0.05) is 31.3 Å². The smallest absolute Gasteiger partial charge is 0.348 e. The Morgan fingerprint density at radius 1 is 1.16 bits per heavy atom. The van der Waals surface area contributed by atoms with Crippen molar-refractivity contribution in [1.29, 1.82) is 0 Å². The Morgan fingerprint density at radius 2 is 1.81 bits per heavy atom. The molecule has 2 fully saturated rings. The van der Waals surface area contributed by atoms with Gasteiger partial charge < -0.3 is 14.9 Å². The molecule has 2 heterocycles. The normalized spacial score (nSPS) is 23.4. The third-order valence-corrected chi connectivity index (χ3v) is 7.33. The van der Waals surface area contributed by atoms with E-state index in [1.165, 1.54) is 6.92 Å². The Balaban J connectivity index is 2.01. The highest BCUT2D eigenvalue weighted by molar-refractivity contribution is 7.15. The molecule has 1 aliphatic carbocycles. The van der Waals surface area contributed by atoms with E-state index in [1.807, 2.05) is 20.8 Å². The Bertz CT molecular complexity index is 941. The maximum absolute atomic E-state index is 13.8. The van der Waals surface area contributed by atoms with E-state index in [0.29, 0.717) is 36.0 Å². The van der Waals surface area contributed by atoms with Gasteiger partial charge in [-0.2, -0.15) is 0 Å². The zero-order valence-electron chi connectivity index (χ0n) is 19.7. The summed E-state index contributed by atoms with van der Waals surface area (Å²) in [4.78, 5) is 42.0. The van der Waals surface area contributed by atoms with E-state index in [2.05, 4.69) is 18.8 Å². The first kappa shape index (κ1) is 24.3. The number of anilines is 1. The molecule has 1 aromatic heterocycles. The molecule has 1 aliphatic heterocycles. The van der Waals surface area contributed by atoms with Crippen LogP contribution in [0.1, 0.15) is 81.3 Å². The number of carboxylic acids is 1. The molecule has 3 rings (SSSR count). The van der Waals surface area contributed by atoms with E-state index in [-0.39, 0.29) is 34.1 Å². The number of carboxylic acid groups (broad SMARTS) is 1. The average molecular weight is 459 g/mol. The number of amides is 2. The van der Waals surface area contributed by atoms with Crippen LogP contribution < -0.4 is 4.90 Å². The second-order valence-corrected chi connectivity index (χ2v) is 11.3. The third kappa shape index (κ3) is 5.72. The van der Waals surface area contributed by atoms with Gasteiger partial charge >= 0.3 is 5.97 Å². The Morgan fingerprint density at radius 3 is 2.34 bits per heavy atom. The van der Waals surface area contributed by atoms with Gasteiger partial charge in [0.25, 0.3) is 0 Å². The second-order valence-electron chi connectivity index (χ2n) is 10.2. The van der Waals surface area contributed by atoms with Crippen molar-refractivity contribution in [2.24, 2.45) is 17.3 Å². The van der Waals surface area contributed by atoms with E-state index >= 15 is 0 Å². The topological polar surface area (TPSA) is 77.9 Å². The number of nitrogens with zero attached hydrogens (tertiary/aromatic N) is 2. The van der Waals surface area contributed by atoms with Crippen molar-refractivity contribution < 1.29 is 19.5 Å². The maximum Gasteiger partial charge on any atom is 0.348 e. The fourth-order valence-electron chi connectivity index (χ4n) is 4.46. The summed E-state index contributed by atoms with van der Waals surface area (Å²) in [5, 5.41) is 9.93. The average Bonchev–Trinajstić information content (AvgIpc) is 3.35. The highest BCUT2D eigenvalue weighted by Crippen LogP contribution is 2.37. The number of carbonyl (C=O) groups is 3. The lowest BCUT2D eigenvalue weighted by molar-refractivity contribution is -0.128. The molecule has 0 bridgehead atoms. The van der Waals surface area contributed by atoms with E-state index in [4.69, 9.17) is 0 Å². The molecule has 0 radical (unpaired) electrons. The minimum atomic E-state index is -1.05. The van der Waals surface area contributed by atoms with Gasteiger partial charge in [0.1, 0.15) is 4.88 Å². The molecule has 1 aromatic rings. The highest BCUT2D eigenvalue weighted by atomic mass is 32.1. The summed E-state index contributed by atoms with van der Waals surface area (Å²) in [5.74, 6) is 5.68. The lowest BCUT2D eigenvalue weighted by Gasteiger charge is -2.34. The molecule has 2 amide bonds. The van der Waals surface area contributed by atoms with Crippen LogP contribution in [0.4, 0.5) is 5.69 Å². The molecule has 1 saturated carbocycles. The number of aromatic carboxylic acids is 1. The predicted molar refractivity (Wildman–Crippen MR) is 127 cm³/mol. The van der Waals surface area contributed by atoms with Crippen LogP contribution >= 0.6 is 11.3 Å². The van der Waals surface area contributed by atoms with Crippen LogP contribution in [0, 0.1) is 29.1 Å². The van der Waals surface area contributed by atoms with Crippen LogP contribution in [0.3, 0.4) is 0 Å². The minimum Gasteiger partial charge on any atom is -0.477 e. The Hall–Kier alpha value is -2.33. The van der Waals surface area contributed by atoms with Crippen LogP contribution in [0.15, 0.2) is 6.07 Å². The van der Waals surface area contributed by atoms with Gasteiger partial charge in [-0.1, -0.05) is 18.8 Å². The molecule has 32 heavy (non-hydrogen) atoms. The quantitative estimate of drug-likeness (QED) is 0.668. The van der Waals surface area contributed by atoms with Crippen LogP contribution in [0.2, 0.25) is 0 Å². The first-order chi connectivity index (χ1) is 15.0. The SMILES string of the molecule is CC(=O)N1CC[C@H](N(C(=O)C2CCC(C)CC2)c2cc(C#CC(C)(C)C)sc2C(=O)O)C1. The van der Waals surface area contributed by atoms with E-state index < -0.39 is 5.97 Å². The van der Waals surface area contributed by atoms with E-state index in [1.54, 1.807) is 15.9 Å². The van der Waals surface area contributed by atoms with Crippen molar-refractivity contribution in [3.63, 3.8) is 0 Å². The number of carbonyl (C=O) groups excluding carboxylic acids is 2. The van der Waals surface area contributed by atoms with Crippen molar-refractivity contribution in [2.75, 3.05) is 18.0 Å². The zero-order chi connectivity index (χ0) is 23.6. The van der Waals surface area contributed by atoms with Gasteiger partial charge in [-0.25, -0.2) is 4.79 Å². The standard InChI is InChI=1S/C25H34N2O4S/c1-16-6-8-18(9-7-16)23(29)27(19-11-13-26(15-19)17(2)28)21-14-20(10-12-25(3,4)5)32-22(21)24(30)31/h14,16,18-19H,6-9,11,13,15H2,1-5H3,(H,30,31)/t16?,18?,19-/m0/s1. The molecule has 2 aliphatic rings. The van der Waals surface area contributed by atoms with Gasteiger partial charge in [-0.05, 0) is 64.9 Å². The van der Waals surface area contributed by atoms with Gasteiger partial charge in [0.2, 0.25) is 11.8 Å². The summed E-state index contributed by atoms with van der Waals surface area (Å²) in [5.41, 5.74) is 0.217. The first-order valence-corrected chi connectivity index (χ1v) is 12.3. The molecule has 7 heteroatoms. The highest BCUT2D eigenvalue weighted by Gasteiger charge is 2.39. The molecular formula is C25H34N2O4S. The summed E-state index contributed by atoms with van der Waals surface area (Å²) in [6, 6.07) is 1.54. The van der Waals surface area contributed by atoms with E-state index in [9.17, 15) is 19.5 Å². The monoisotopic (exact) mass is 458 g/mol. The summed E-state index contributed by atoms with van der Waals surface area (Å²) >= 11 is 1.12. The Labute approximate surface area is 195 Å². The summed E-state index contributed by atoms with van der Waals surface area (Å²) < 4.78 is 0. The molecular weight excluding hydrogens is 424 g/mol. The number of likely N-dealkylation sites (tertiary alicyclic amines) is 1. The summed E-state index contributed by atoms with van der Waals surface area (Å²) in [7, 11) is 0. The van der Waals surface area contributed by atoms with E-state index in [0.717, 1.165) is 37.0 Å². The van der Waals surface area contributed by atoms with Gasteiger partial charge in [-0.3, -0.25) is 9.59 Å². The van der Waals surface area contributed by atoms with Gasteiger partial charge in [-0.15, -0.1) is 11.3 Å². The van der Waals surface area contributed by atoms with Gasteiger partial charge in [0.05, 0.1) is 16.6 Å². The van der Waals surface area contributed by atoms with Crippen LogP contribution in [0.5, 0.6) is 0 Å². The third-order valence-electron chi connectivity index (χ3n) is 6.30. The van der Waals surface area contributed by atoms with Crippen molar-refractivity contribution in [1.82, 2.24) is 4.90 Å². The fraction of sp³-hybridized carbons (Fsp3) is 0.640. The fourth-order valence-corrected chi connectivity index (χ4v) is 5.30. The van der Waals surface area contributed by atoms with Crippen molar-refractivity contribution >= 4 is 34.8 Å². The van der Waals surface area contributed by atoms with Crippen molar-refractivity contribution in [3.8, 4) is 11.8 Å². The lowest BCUT2D eigenvalue weighted by Crippen LogP contribution is -2.46. The molecule has 6 nitrogen and oxygen atoms in total. The molecule has 0 unspecified atom stereocenters. The predicted octanol–water partition coefficient (Wildman–Crippen LogP) is 4.62. The molecule has 174 valence electrons. The number of rotatable bonds is 4. The minimum absolute atomic E-state index is 0.0112. The zero-order valence-corrected chi connectivity index (χ0v) is 20.6. The van der Waals surface area contributed by atoms with Crippen molar-refractivity contribution in [3.05, 3.63) is 15.8 Å². The van der Waals surface area contributed by atoms with Crippen LogP contribution in [-0.2, 0) is 9.59 Å². The molecule has 1 saturated heterocycles. The first-order valence-electron chi connectivity index (χ1n) is 11.4. The number of thiophene rings is 1. The van der Waals surface area contributed by atoms with Crippen LogP contribution in [0.25, 0.3) is 0 Å². The largest absolute Gasteiger partial charge is 0.477 e. The molecule has 1 atom stereocenters. The van der Waals surface area contributed by atoms with Crippen molar-refractivity contribution in [2.45, 2.75) is 72.8 Å². The lowest BCUT2D eigenvalue weighted by atomic mass is 9.82. The molecule has 0 spiro atoms. The summed E-state index contributed by atoms with van der Waals surface area (Å²) in [6.07, 6.45) is 4.30. The molecule has 0 aromatic carbocycles. The number of hydrogen-bond donors (Lipinski definition) is 1. The molecule has 1 N–H and O–H groups in total. The Kier molecular flexibility index (Phi) is 7.34. The number of hydrogen-bond acceptors (Lipinski definition) is 4. The second kappa shape index (κ2) is 9.66.